The number of ether oxygens (including phenoxy) is 1. The highest BCUT2D eigenvalue weighted by Crippen LogP contribution is 2.26. The topological polar surface area (TPSA) is 38.3 Å². The number of hydrogen-bond acceptors (Lipinski definition) is 3. The van der Waals surface area contributed by atoms with E-state index in [9.17, 15) is 4.79 Å². The molecule has 0 saturated carbocycles. The Bertz CT molecular complexity index is 456. The summed E-state index contributed by atoms with van der Waals surface area (Å²) in [5.41, 5.74) is 1.05. The van der Waals surface area contributed by atoms with Crippen molar-refractivity contribution in [1.82, 2.24) is 5.32 Å². The number of Topliss-reactive ketones (excluding diaryl/α,β-unsaturated/α-hetero) is 1. The Morgan fingerprint density at radius 3 is 3.00 bits per heavy atom. The Hall–Kier alpha value is -0.870. The van der Waals surface area contributed by atoms with Crippen molar-refractivity contribution < 1.29 is 9.53 Å². The van der Waals surface area contributed by atoms with Crippen molar-refractivity contribution in [3.8, 4) is 5.75 Å². The van der Waals surface area contributed by atoms with Crippen molar-refractivity contribution in [3.63, 3.8) is 0 Å². The smallest absolute Gasteiger partial charge is 0.137 e. The molecule has 1 fully saturated rings. The van der Waals surface area contributed by atoms with Gasteiger partial charge in [0.1, 0.15) is 11.5 Å². The first-order chi connectivity index (χ1) is 9.69. The molecule has 0 aliphatic carbocycles. The van der Waals surface area contributed by atoms with Crippen LogP contribution in [-0.4, -0.2) is 26.0 Å². The number of methoxy groups -OCH3 is 1. The fraction of sp³-hybridized carbons (Fsp3) is 0.562. The van der Waals surface area contributed by atoms with Crippen LogP contribution in [0.2, 0.25) is 0 Å². The maximum atomic E-state index is 12.1. The number of benzene rings is 1. The Morgan fingerprint density at radius 1 is 1.50 bits per heavy atom. The SMILES string of the molecule is COc1ccc(CC(=O)CCC2CCCNC2)cc1Br. The van der Waals surface area contributed by atoms with Crippen LogP contribution in [0.5, 0.6) is 5.75 Å². The number of carbonyl (C=O) groups excluding carboxylic acids is 1. The van der Waals surface area contributed by atoms with Crippen LogP contribution in [0.3, 0.4) is 0 Å². The zero-order valence-electron chi connectivity index (χ0n) is 12.0. The third kappa shape index (κ3) is 4.60. The van der Waals surface area contributed by atoms with Crippen LogP contribution >= 0.6 is 15.9 Å². The maximum absolute atomic E-state index is 12.1. The Kier molecular flexibility index (Phi) is 6.05. The average molecular weight is 340 g/mol. The van der Waals surface area contributed by atoms with Gasteiger partial charge in [0, 0.05) is 12.8 Å². The van der Waals surface area contributed by atoms with E-state index in [2.05, 4.69) is 21.2 Å². The molecule has 0 radical (unpaired) electrons. The first-order valence-electron chi connectivity index (χ1n) is 7.24. The summed E-state index contributed by atoms with van der Waals surface area (Å²) in [6, 6.07) is 5.83. The zero-order chi connectivity index (χ0) is 14.4. The molecule has 1 aliphatic heterocycles. The van der Waals surface area contributed by atoms with Crippen molar-refractivity contribution in [1.29, 1.82) is 0 Å². The summed E-state index contributed by atoms with van der Waals surface area (Å²) in [4.78, 5) is 12.1. The Balaban J connectivity index is 1.80. The molecule has 0 aromatic heterocycles. The molecule has 1 atom stereocenters. The second-order valence-corrected chi connectivity index (χ2v) is 6.29. The van der Waals surface area contributed by atoms with Crippen molar-refractivity contribution in [3.05, 3.63) is 28.2 Å². The Morgan fingerprint density at radius 2 is 2.35 bits per heavy atom. The van der Waals surface area contributed by atoms with Crippen molar-refractivity contribution >= 4 is 21.7 Å². The summed E-state index contributed by atoms with van der Waals surface area (Å²) >= 11 is 3.45. The molecule has 1 unspecified atom stereocenters. The molecule has 1 saturated heterocycles. The van der Waals surface area contributed by atoms with E-state index in [1.165, 1.54) is 12.8 Å². The predicted molar refractivity (Wildman–Crippen MR) is 84.2 cm³/mol. The first-order valence-corrected chi connectivity index (χ1v) is 8.03. The molecule has 2 rings (SSSR count). The summed E-state index contributed by atoms with van der Waals surface area (Å²) < 4.78 is 6.10. The minimum atomic E-state index is 0.327. The van der Waals surface area contributed by atoms with Crippen LogP contribution < -0.4 is 10.1 Å². The third-order valence-corrected chi connectivity index (χ3v) is 4.47. The number of carbonyl (C=O) groups is 1. The molecular formula is C16H22BrNO2. The minimum absolute atomic E-state index is 0.327. The van der Waals surface area contributed by atoms with Crippen LogP contribution in [0.15, 0.2) is 22.7 Å². The van der Waals surface area contributed by atoms with Crippen LogP contribution in [0.4, 0.5) is 0 Å². The molecule has 0 bridgehead atoms. The first kappa shape index (κ1) is 15.5. The number of nitrogens with one attached hydrogen (secondary N) is 1. The highest BCUT2D eigenvalue weighted by atomic mass is 79.9. The lowest BCUT2D eigenvalue weighted by Crippen LogP contribution is -2.30. The molecule has 3 nitrogen and oxygen atoms in total. The predicted octanol–water partition coefficient (Wildman–Crippen LogP) is 3.35. The summed E-state index contributed by atoms with van der Waals surface area (Å²) in [6.07, 6.45) is 4.72. The number of piperidine rings is 1. The molecule has 1 aromatic rings. The number of halogens is 1. The van der Waals surface area contributed by atoms with Crippen LogP contribution in [0, 0.1) is 5.92 Å². The van der Waals surface area contributed by atoms with E-state index in [1.807, 2.05) is 18.2 Å². The Labute approximate surface area is 129 Å². The standard InChI is InChI=1S/C16H22BrNO2/c1-20-16-7-5-13(10-15(16)17)9-14(19)6-4-12-3-2-8-18-11-12/h5,7,10,12,18H,2-4,6,8-9,11H2,1H3. The van der Waals surface area contributed by atoms with Gasteiger partial charge in [-0.25, -0.2) is 0 Å². The second-order valence-electron chi connectivity index (χ2n) is 5.44. The van der Waals surface area contributed by atoms with Gasteiger partial charge in [-0.1, -0.05) is 6.07 Å². The van der Waals surface area contributed by atoms with Gasteiger partial charge >= 0.3 is 0 Å². The van der Waals surface area contributed by atoms with Crippen molar-refractivity contribution in [2.75, 3.05) is 20.2 Å². The molecule has 110 valence electrons. The molecule has 1 N–H and O–H groups in total. The summed E-state index contributed by atoms with van der Waals surface area (Å²) in [7, 11) is 1.64. The quantitative estimate of drug-likeness (QED) is 0.863. The van der Waals surface area contributed by atoms with Crippen LogP contribution in [0.25, 0.3) is 0 Å². The largest absolute Gasteiger partial charge is 0.496 e. The van der Waals surface area contributed by atoms with Gasteiger partial charge in [-0.05, 0) is 71.9 Å². The highest BCUT2D eigenvalue weighted by Gasteiger charge is 2.14. The fourth-order valence-electron chi connectivity index (χ4n) is 2.67. The van der Waals surface area contributed by atoms with Crippen LogP contribution in [-0.2, 0) is 11.2 Å². The molecule has 0 spiro atoms. The van der Waals surface area contributed by atoms with Gasteiger partial charge in [-0.3, -0.25) is 4.79 Å². The van der Waals surface area contributed by atoms with Gasteiger partial charge in [0.25, 0.3) is 0 Å². The van der Waals surface area contributed by atoms with Gasteiger partial charge in [-0.2, -0.15) is 0 Å². The molecule has 20 heavy (non-hydrogen) atoms. The number of rotatable bonds is 6. The van der Waals surface area contributed by atoms with E-state index in [-0.39, 0.29) is 0 Å². The van der Waals surface area contributed by atoms with Gasteiger partial charge in [0.05, 0.1) is 11.6 Å². The van der Waals surface area contributed by atoms with E-state index in [4.69, 9.17) is 4.74 Å². The van der Waals surface area contributed by atoms with Gasteiger partial charge in [0.2, 0.25) is 0 Å². The normalized spacial score (nSPS) is 18.8. The lowest BCUT2D eigenvalue weighted by molar-refractivity contribution is -0.118. The van der Waals surface area contributed by atoms with E-state index in [0.717, 1.165) is 35.3 Å². The number of hydrogen-bond donors (Lipinski definition) is 1. The summed E-state index contributed by atoms with van der Waals surface area (Å²) in [6.45, 7) is 2.20. The highest BCUT2D eigenvalue weighted by molar-refractivity contribution is 9.10. The van der Waals surface area contributed by atoms with E-state index in [0.29, 0.717) is 24.5 Å². The summed E-state index contributed by atoms with van der Waals surface area (Å²) in [5, 5.41) is 3.40. The molecule has 0 amide bonds. The molecular weight excluding hydrogens is 318 g/mol. The third-order valence-electron chi connectivity index (χ3n) is 3.85. The minimum Gasteiger partial charge on any atom is -0.496 e. The monoisotopic (exact) mass is 339 g/mol. The molecule has 4 heteroatoms. The van der Waals surface area contributed by atoms with Crippen molar-refractivity contribution in [2.45, 2.75) is 32.1 Å². The van der Waals surface area contributed by atoms with Crippen molar-refractivity contribution in [2.24, 2.45) is 5.92 Å². The molecule has 1 heterocycles. The molecule has 1 aliphatic rings. The number of ketones is 1. The lowest BCUT2D eigenvalue weighted by Gasteiger charge is -2.22. The van der Waals surface area contributed by atoms with E-state index in [1.54, 1.807) is 7.11 Å². The molecule has 1 aromatic carbocycles. The lowest BCUT2D eigenvalue weighted by atomic mass is 9.92. The second kappa shape index (κ2) is 7.79. The van der Waals surface area contributed by atoms with Crippen LogP contribution in [0.1, 0.15) is 31.2 Å². The fourth-order valence-corrected chi connectivity index (χ4v) is 3.26. The van der Waals surface area contributed by atoms with E-state index < -0.39 is 0 Å². The van der Waals surface area contributed by atoms with Gasteiger partial charge in [-0.15, -0.1) is 0 Å². The summed E-state index contributed by atoms with van der Waals surface area (Å²) in [5.74, 6) is 1.80. The van der Waals surface area contributed by atoms with Gasteiger partial charge < -0.3 is 10.1 Å². The average Bonchev–Trinajstić information content (AvgIpc) is 2.46. The zero-order valence-corrected chi connectivity index (χ0v) is 13.5. The van der Waals surface area contributed by atoms with E-state index >= 15 is 0 Å². The maximum Gasteiger partial charge on any atom is 0.137 e. The van der Waals surface area contributed by atoms with Gasteiger partial charge in [0.15, 0.2) is 0 Å².